The van der Waals surface area contributed by atoms with Crippen LogP contribution in [0.4, 0.5) is 0 Å². The molecule has 0 spiro atoms. The molecule has 0 aliphatic rings. The van der Waals surface area contributed by atoms with Gasteiger partial charge in [-0.1, -0.05) is 11.6 Å². The van der Waals surface area contributed by atoms with Crippen LogP contribution < -0.4 is 5.32 Å². The Balaban J connectivity index is 2.53. The number of hydrogen-bond acceptors (Lipinski definition) is 3. The van der Waals surface area contributed by atoms with Crippen LogP contribution in [0.2, 0.25) is 4.34 Å². The largest absolute Gasteiger partial charge is 0.395 e. The highest BCUT2D eigenvalue weighted by Crippen LogP contribution is 2.20. The molecule has 0 bridgehead atoms. The second-order valence-electron chi connectivity index (χ2n) is 2.08. The van der Waals surface area contributed by atoms with Gasteiger partial charge in [0.05, 0.1) is 15.8 Å². The molecule has 1 rings (SSSR count). The Hall–Kier alpha value is -0.580. The van der Waals surface area contributed by atoms with Crippen LogP contribution in [0.3, 0.4) is 0 Å². The van der Waals surface area contributed by atoms with Gasteiger partial charge in [0.15, 0.2) is 0 Å². The van der Waals surface area contributed by atoms with E-state index in [2.05, 4.69) is 5.32 Å². The summed E-state index contributed by atoms with van der Waals surface area (Å²) in [5.74, 6) is -0.194. The molecule has 5 heteroatoms. The average molecular weight is 206 g/mol. The lowest BCUT2D eigenvalue weighted by Gasteiger charge is -1.98. The SMILES string of the molecule is O=C(NCCO)c1ccc(Cl)s1. The van der Waals surface area contributed by atoms with Crippen molar-refractivity contribution >= 4 is 28.8 Å². The maximum Gasteiger partial charge on any atom is 0.261 e. The van der Waals surface area contributed by atoms with E-state index in [0.29, 0.717) is 9.21 Å². The molecule has 1 heterocycles. The minimum absolute atomic E-state index is 0.0507. The third-order valence-electron chi connectivity index (χ3n) is 1.19. The fraction of sp³-hybridized carbons (Fsp3) is 0.286. The Morgan fingerprint density at radius 3 is 2.92 bits per heavy atom. The van der Waals surface area contributed by atoms with Gasteiger partial charge in [0.2, 0.25) is 0 Å². The predicted molar refractivity (Wildman–Crippen MR) is 48.7 cm³/mol. The molecule has 3 nitrogen and oxygen atoms in total. The molecule has 0 atom stereocenters. The van der Waals surface area contributed by atoms with Crippen molar-refractivity contribution in [3.63, 3.8) is 0 Å². The van der Waals surface area contributed by atoms with Crippen molar-refractivity contribution in [1.82, 2.24) is 5.32 Å². The van der Waals surface area contributed by atoms with Gasteiger partial charge in [-0.05, 0) is 12.1 Å². The summed E-state index contributed by atoms with van der Waals surface area (Å²) >= 11 is 6.85. The van der Waals surface area contributed by atoms with Gasteiger partial charge in [0.25, 0.3) is 5.91 Å². The zero-order valence-electron chi connectivity index (χ0n) is 6.21. The fourth-order valence-electron chi connectivity index (χ4n) is 0.693. The molecule has 0 saturated heterocycles. The first kappa shape index (κ1) is 9.51. The monoisotopic (exact) mass is 205 g/mol. The zero-order chi connectivity index (χ0) is 8.97. The quantitative estimate of drug-likeness (QED) is 0.777. The number of hydrogen-bond donors (Lipinski definition) is 2. The number of halogens is 1. The summed E-state index contributed by atoms with van der Waals surface area (Å²) in [6.45, 7) is 0.221. The normalized spacial score (nSPS) is 9.83. The van der Waals surface area contributed by atoms with Crippen molar-refractivity contribution < 1.29 is 9.90 Å². The molecule has 1 aromatic rings. The maximum absolute atomic E-state index is 11.1. The Kier molecular flexibility index (Phi) is 3.52. The van der Waals surface area contributed by atoms with Crippen LogP contribution in [0.15, 0.2) is 12.1 Å². The van der Waals surface area contributed by atoms with Crippen LogP contribution in [0.1, 0.15) is 9.67 Å². The standard InChI is InChI=1S/C7H8ClNO2S/c8-6-2-1-5(12-6)7(11)9-3-4-10/h1-2,10H,3-4H2,(H,9,11). The smallest absolute Gasteiger partial charge is 0.261 e. The van der Waals surface area contributed by atoms with E-state index in [9.17, 15) is 4.79 Å². The minimum Gasteiger partial charge on any atom is -0.395 e. The van der Waals surface area contributed by atoms with Gasteiger partial charge < -0.3 is 10.4 Å². The van der Waals surface area contributed by atoms with Gasteiger partial charge in [0, 0.05) is 6.54 Å². The van der Waals surface area contributed by atoms with Gasteiger partial charge in [-0.2, -0.15) is 0 Å². The van der Waals surface area contributed by atoms with Crippen LogP contribution in [0.25, 0.3) is 0 Å². The Bertz CT molecular complexity index is 274. The third kappa shape index (κ3) is 2.48. The number of carbonyl (C=O) groups is 1. The lowest BCUT2D eigenvalue weighted by molar-refractivity contribution is 0.0949. The number of aliphatic hydroxyl groups excluding tert-OH is 1. The van der Waals surface area contributed by atoms with E-state index in [-0.39, 0.29) is 19.1 Å². The molecule has 0 aliphatic heterocycles. The lowest BCUT2D eigenvalue weighted by Crippen LogP contribution is -2.25. The molecule has 1 amide bonds. The van der Waals surface area contributed by atoms with E-state index in [1.807, 2.05) is 0 Å². The number of nitrogens with one attached hydrogen (secondary N) is 1. The van der Waals surface area contributed by atoms with Crippen molar-refractivity contribution in [3.05, 3.63) is 21.3 Å². The minimum atomic E-state index is -0.194. The third-order valence-corrected chi connectivity index (χ3v) is 2.42. The van der Waals surface area contributed by atoms with Crippen molar-refractivity contribution in [2.24, 2.45) is 0 Å². The predicted octanol–water partition coefficient (Wildman–Crippen LogP) is 1.12. The van der Waals surface area contributed by atoms with Crippen LogP contribution in [0.5, 0.6) is 0 Å². The number of aliphatic hydroxyl groups is 1. The molecular formula is C7H8ClNO2S. The highest BCUT2D eigenvalue weighted by Gasteiger charge is 2.06. The number of amides is 1. The van der Waals surface area contributed by atoms with E-state index in [1.54, 1.807) is 12.1 Å². The van der Waals surface area contributed by atoms with Crippen molar-refractivity contribution in [2.45, 2.75) is 0 Å². The van der Waals surface area contributed by atoms with Gasteiger partial charge in [0.1, 0.15) is 0 Å². The Labute approximate surface area is 79.0 Å². The number of carbonyl (C=O) groups excluding carboxylic acids is 1. The molecule has 0 aliphatic carbocycles. The Morgan fingerprint density at radius 2 is 2.42 bits per heavy atom. The molecular weight excluding hydrogens is 198 g/mol. The molecule has 66 valence electrons. The van der Waals surface area contributed by atoms with Gasteiger partial charge >= 0.3 is 0 Å². The highest BCUT2D eigenvalue weighted by atomic mass is 35.5. The second-order valence-corrected chi connectivity index (χ2v) is 3.80. The second kappa shape index (κ2) is 4.45. The molecule has 1 aromatic heterocycles. The summed E-state index contributed by atoms with van der Waals surface area (Å²) in [5.41, 5.74) is 0. The van der Waals surface area contributed by atoms with E-state index in [1.165, 1.54) is 11.3 Å². The number of rotatable bonds is 3. The fourth-order valence-corrected chi connectivity index (χ4v) is 1.65. The zero-order valence-corrected chi connectivity index (χ0v) is 7.78. The van der Waals surface area contributed by atoms with Gasteiger partial charge in [-0.25, -0.2) is 0 Å². The molecule has 12 heavy (non-hydrogen) atoms. The summed E-state index contributed by atoms with van der Waals surface area (Å²) in [5, 5.41) is 11.0. The topological polar surface area (TPSA) is 49.3 Å². The first-order valence-corrected chi connectivity index (χ1v) is 4.58. The van der Waals surface area contributed by atoms with E-state index in [4.69, 9.17) is 16.7 Å². The van der Waals surface area contributed by atoms with E-state index in [0.717, 1.165) is 0 Å². The Morgan fingerprint density at radius 1 is 1.67 bits per heavy atom. The summed E-state index contributed by atoms with van der Waals surface area (Å²) in [6, 6.07) is 3.32. The first-order chi connectivity index (χ1) is 5.74. The van der Waals surface area contributed by atoms with Crippen molar-refractivity contribution in [1.29, 1.82) is 0 Å². The lowest BCUT2D eigenvalue weighted by atomic mass is 10.4. The van der Waals surface area contributed by atoms with E-state index < -0.39 is 0 Å². The highest BCUT2D eigenvalue weighted by molar-refractivity contribution is 7.17. The molecule has 0 aromatic carbocycles. The van der Waals surface area contributed by atoms with Crippen LogP contribution in [-0.4, -0.2) is 24.2 Å². The van der Waals surface area contributed by atoms with Crippen molar-refractivity contribution in [3.8, 4) is 0 Å². The maximum atomic E-state index is 11.1. The molecule has 0 radical (unpaired) electrons. The summed E-state index contributed by atoms with van der Waals surface area (Å²) in [6.07, 6.45) is 0. The van der Waals surface area contributed by atoms with Crippen molar-refractivity contribution in [2.75, 3.05) is 13.2 Å². The summed E-state index contributed by atoms with van der Waals surface area (Å²) in [7, 11) is 0. The van der Waals surface area contributed by atoms with Crippen LogP contribution in [0, 0.1) is 0 Å². The van der Waals surface area contributed by atoms with Gasteiger partial charge in [-0.15, -0.1) is 11.3 Å². The van der Waals surface area contributed by atoms with Crippen LogP contribution in [-0.2, 0) is 0 Å². The van der Waals surface area contributed by atoms with Gasteiger partial charge in [-0.3, -0.25) is 4.79 Å². The summed E-state index contributed by atoms with van der Waals surface area (Å²) < 4.78 is 0.587. The first-order valence-electron chi connectivity index (χ1n) is 3.38. The average Bonchev–Trinajstić information content (AvgIpc) is 2.47. The van der Waals surface area contributed by atoms with Crippen LogP contribution >= 0.6 is 22.9 Å². The summed E-state index contributed by atoms with van der Waals surface area (Å²) in [4.78, 5) is 11.7. The molecule has 0 saturated carbocycles. The van der Waals surface area contributed by atoms with E-state index >= 15 is 0 Å². The molecule has 2 N–H and O–H groups in total. The molecule has 0 fully saturated rings. The number of thiophene rings is 1. The molecule has 0 unspecified atom stereocenters.